The van der Waals surface area contributed by atoms with Crippen molar-refractivity contribution in [3.05, 3.63) is 71.2 Å². The maximum absolute atomic E-state index is 13.3. The monoisotopic (exact) mass is 294 g/mol. The highest BCUT2D eigenvalue weighted by molar-refractivity contribution is 5.95. The zero-order chi connectivity index (χ0) is 15.1. The highest BCUT2D eigenvalue weighted by Gasteiger charge is 2.24. The van der Waals surface area contributed by atoms with Crippen LogP contribution in [0.25, 0.3) is 10.9 Å². The number of aromatic nitrogens is 1. The minimum absolute atomic E-state index is 0.0442. The van der Waals surface area contributed by atoms with Gasteiger partial charge in [0, 0.05) is 47.2 Å². The van der Waals surface area contributed by atoms with Gasteiger partial charge in [0.1, 0.15) is 5.82 Å². The number of carbonyl (C=O) groups is 1. The number of fused-ring (bicyclic) bond motifs is 3. The fourth-order valence-corrected chi connectivity index (χ4v) is 3.13. The molecular weight excluding hydrogens is 279 g/mol. The van der Waals surface area contributed by atoms with Crippen LogP contribution in [0.4, 0.5) is 4.39 Å². The Morgan fingerprint density at radius 3 is 2.77 bits per heavy atom. The molecule has 4 rings (SSSR count). The van der Waals surface area contributed by atoms with Crippen LogP contribution in [0.3, 0.4) is 0 Å². The first-order valence-electron chi connectivity index (χ1n) is 7.35. The molecule has 0 atom stereocenters. The predicted octanol–water partition coefficient (Wildman–Crippen LogP) is 3.51. The summed E-state index contributed by atoms with van der Waals surface area (Å²) in [6.45, 7) is 1.24. The van der Waals surface area contributed by atoms with Crippen LogP contribution in [0.5, 0.6) is 0 Å². The van der Waals surface area contributed by atoms with E-state index in [-0.39, 0.29) is 11.7 Å². The van der Waals surface area contributed by atoms with Gasteiger partial charge in [0.25, 0.3) is 5.91 Å². The molecule has 0 bridgehead atoms. The Labute approximate surface area is 127 Å². The number of rotatable bonds is 1. The summed E-state index contributed by atoms with van der Waals surface area (Å²) in [4.78, 5) is 17.7. The number of hydrogen-bond acceptors (Lipinski definition) is 1. The number of nitrogens with zero attached hydrogens (tertiary/aromatic N) is 1. The largest absolute Gasteiger partial charge is 0.358 e. The summed E-state index contributed by atoms with van der Waals surface area (Å²) in [5, 5.41) is 1.00. The van der Waals surface area contributed by atoms with Gasteiger partial charge in [-0.15, -0.1) is 0 Å². The van der Waals surface area contributed by atoms with Crippen molar-refractivity contribution in [1.82, 2.24) is 9.88 Å². The van der Waals surface area contributed by atoms with Crippen molar-refractivity contribution >= 4 is 16.8 Å². The fourth-order valence-electron chi connectivity index (χ4n) is 3.13. The van der Waals surface area contributed by atoms with Gasteiger partial charge in [0.05, 0.1) is 0 Å². The number of halogens is 1. The van der Waals surface area contributed by atoms with Gasteiger partial charge in [0.15, 0.2) is 0 Å². The van der Waals surface area contributed by atoms with Gasteiger partial charge in [-0.3, -0.25) is 4.79 Å². The lowest BCUT2D eigenvalue weighted by atomic mass is 10.0. The summed E-state index contributed by atoms with van der Waals surface area (Å²) in [6, 6.07) is 14.1. The molecule has 1 aliphatic heterocycles. The normalized spacial score (nSPS) is 14.1. The van der Waals surface area contributed by atoms with Gasteiger partial charge in [-0.1, -0.05) is 18.2 Å². The molecule has 0 unspecified atom stereocenters. The molecule has 0 aliphatic carbocycles. The Hall–Kier alpha value is -2.62. The van der Waals surface area contributed by atoms with Crippen molar-refractivity contribution in [3.8, 4) is 0 Å². The first-order chi connectivity index (χ1) is 10.7. The van der Waals surface area contributed by atoms with Gasteiger partial charge in [-0.2, -0.15) is 0 Å². The van der Waals surface area contributed by atoms with Crippen molar-refractivity contribution in [2.75, 3.05) is 6.54 Å². The Morgan fingerprint density at radius 1 is 1.14 bits per heavy atom. The fraction of sp³-hybridized carbons (Fsp3) is 0.167. The average molecular weight is 294 g/mol. The summed E-state index contributed by atoms with van der Waals surface area (Å²) < 4.78 is 13.3. The lowest BCUT2D eigenvalue weighted by molar-refractivity contribution is 0.0735. The van der Waals surface area contributed by atoms with Crippen LogP contribution >= 0.6 is 0 Å². The smallest absolute Gasteiger partial charge is 0.254 e. The van der Waals surface area contributed by atoms with Gasteiger partial charge in [-0.25, -0.2) is 4.39 Å². The second-order valence-electron chi connectivity index (χ2n) is 5.61. The molecule has 2 heterocycles. The van der Waals surface area contributed by atoms with Crippen molar-refractivity contribution < 1.29 is 9.18 Å². The molecule has 3 nitrogen and oxygen atoms in total. The zero-order valence-corrected chi connectivity index (χ0v) is 12.0. The van der Waals surface area contributed by atoms with E-state index in [9.17, 15) is 9.18 Å². The van der Waals surface area contributed by atoms with Crippen molar-refractivity contribution in [3.63, 3.8) is 0 Å². The third-order valence-corrected chi connectivity index (χ3v) is 4.25. The Balaban J connectivity index is 1.69. The standard InChI is InChI=1S/C18H15FN2O/c19-13-6-7-14-15-11-21(9-8-16(15)20-17(14)10-13)18(22)12-4-2-1-3-5-12/h1-7,10,20H,8-9,11H2. The topological polar surface area (TPSA) is 36.1 Å². The lowest BCUT2D eigenvalue weighted by Gasteiger charge is -2.27. The molecule has 1 aliphatic rings. The third-order valence-electron chi connectivity index (χ3n) is 4.25. The van der Waals surface area contributed by atoms with E-state index in [2.05, 4.69) is 4.98 Å². The predicted molar refractivity (Wildman–Crippen MR) is 83.1 cm³/mol. The molecule has 0 spiro atoms. The molecular formula is C18H15FN2O. The molecule has 0 saturated carbocycles. The molecule has 3 aromatic rings. The number of nitrogens with one attached hydrogen (secondary N) is 1. The Bertz CT molecular complexity index is 854. The highest BCUT2D eigenvalue weighted by Crippen LogP contribution is 2.28. The van der Waals surface area contributed by atoms with E-state index in [1.54, 1.807) is 6.07 Å². The molecule has 4 heteroatoms. The van der Waals surface area contributed by atoms with Crippen molar-refractivity contribution in [1.29, 1.82) is 0 Å². The molecule has 0 radical (unpaired) electrons. The molecule has 1 amide bonds. The summed E-state index contributed by atoms with van der Waals surface area (Å²) in [5.41, 5.74) is 3.72. The van der Waals surface area contributed by atoms with Crippen LogP contribution in [0.15, 0.2) is 48.5 Å². The Morgan fingerprint density at radius 2 is 1.95 bits per heavy atom. The molecule has 0 fully saturated rings. The number of amides is 1. The lowest BCUT2D eigenvalue weighted by Crippen LogP contribution is -2.35. The van der Waals surface area contributed by atoms with E-state index in [0.717, 1.165) is 28.6 Å². The van der Waals surface area contributed by atoms with E-state index in [0.29, 0.717) is 18.7 Å². The second kappa shape index (κ2) is 4.98. The second-order valence-corrected chi connectivity index (χ2v) is 5.61. The van der Waals surface area contributed by atoms with E-state index in [4.69, 9.17) is 0 Å². The summed E-state index contributed by atoms with van der Waals surface area (Å²) in [5.74, 6) is -0.203. The molecule has 1 N–H and O–H groups in total. The van der Waals surface area contributed by atoms with Crippen LogP contribution in [-0.4, -0.2) is 22.3 Å². The molecule has 110 valence electrons. The quantitative estimate of drug-likeness (QED) is 0.732. The van der Waals surface area contributed by atoms with Gasteiger partial charge in [0.2, 0.25) is 0 Å². The van der Waals surface area contributed by atoms with Crippen LogP contribution < -0.4 is 0 Å². The van der Waals surface area contributed by atoms with E-state index in [1.165, 1.54) is 12.1 Å². The van der Waals surface area contributed by atoms with Crippen LogP contribution in [0, 0.1) is 5.82 Å². The number of H-pyrrole nitrogens is 1. The van der Waals surface area contributed by atoms with Crippen LogP contribution in [0.1, 0.15) is 21.6 Å². The number of carbonyl (C=O) groups excluding carboxylic acids is 1. The maximum Gasteiger partial charge on any atom is 0.254 e. The van der Waals surface area contributed by atoms with Gasteiger partial charge < -0.3 is 9.88 Å². The first-order valence-corrected chi connectivity index (χ1v) is 7.35. The summed E-state index contributed by atoms with van der Waals surface area (Å²) >= 11 is 0. The number of hydrogen-bond donors (Lipinski definition) is 1. The van der Waals surface area contributed by atoms with Crippen molar-refractivity contribution in [2.24, 2.45) is 0 Å². The minimum atomic E-state index is -0.247. The minimum Gasteiger partial charge on any atom is -0.358 e. The van der Waals surface area contributed by atoms with Gasteiger partial charge in [-0.05, 0) is 30.3 Å². The van der Waals surface area contributed by atoms with E-state index >= 15 is 0 Å². The first kappa shape index (κ1) is 13.1. The van der Waals surface area contributed by atoms with Crippen LogP contribution in [0.2, 0.25) is 0 Å². The number of benzene rings is 2. The van der Waals surface area contributed by atoms with E-state index < -0.39 is 0 Å². The summed E-state index contributed by atoms with van der Waals surface area (Å²) in [7, 11) is 0. The average Bonchev–Trinajstić information content (AvgIpc) is 2.91. The van der Waals surface area contributed by atoms with Gasteiger partial charge >= 0.3 is 0 Å². The molecule has 2 aromatic carbocycles. The molecule has 22 heavy (non-hydrogen) atoms. The Kier molecular flexibility index (Phi) is 2.96. The van der Waals surface area contributed by atoms with E-state index in [1.807, 2.05) is 35.2 Å². The molecule has 0 saturated heterocycles. The SMILES string of the molecule is O=C(c1ccccc1)N1CCc2[nH]c3cc(F)ccc3c2C1. The number of aromatic amines is 1. The molecule has 1 aromatic heterocycles. The third kappa shape index (κ3) is 2.08. The highest BCUT2D eigenvalue weighted by atomic mass is 19.1. The summed E-state index contributed by atoms with van der Waals surface area (Å²) in [6.07, 6.45) is 0.768. The zero-order valence-electron chi connectivity index (χ0n) is 12.0. The maximum atomic E-state index is 13.3. The van der Waals surface area contributed by atoms with Crippen LogP contribution in [-0.2, 0) is 13.0 Å². The van der Waals surface area contributed by atoms with Crippen molar-refractivity contribution in [2.45, 2.75) is 13.0 Å².